The van der Waals surface area contributed by atoms with Crippen LogP contribution in [0.4, 0.5) is 0 Å². The summed E-state index contributed by atoms with van der Waals surface area (Å²) in [6.45, 7) is 1.82. The first kappa shape index (κ1) is 19.8. The van der Waals surface area contributed by atoms with E-state index in [-0.39, 0.29) is 24.3 Å². The van der Waals surface area contributed by atoms with E-state index < -0.39 is 5.97 Å². The number of ether oxygens (including phenoxy) is 1. The van der Waals surface area contributed by atoms with E-state index >= 15 is 0 Å². The Kier molecular flexibility index (Phi) is 6.76. The summed E-state index contributed by atoms with van der Waals surface area (Å²) >= 11 is 13.2. The van der Waals surface area contributed by atoms with Crippen molar-refractivity contribution in [2.75, 3.05) is 12.4 Å². The van der Waals surface area contributed by atoms with Crippen LogP contribution in [0.3, 0.4) is 0 Å². The number of esters is 1. The molecule has 4 atom stereocenters. The summed E-state index contributed by atoms with van der Waals surface area (Å²) in [5.74, 6) is 1.55. The highest BCUT2D eigenvalue weighted by molar-refractivity contribution is 8.00. The lowest BCUT2D eigenvalue weighted by Crippen LogP contribution is -2.42. The van der Waals surface area contributed by atoms with Crippen molar-refractivity contribution in [3.63, 3.8) is 0 Å². The van der Waals surface area contributed by atoms with Crippen LogP contribution in [0.15, 0.2) is 23.1 Å². The number of fused-ring (bicyclic) bond motifs is 2. The van der Waals surface area contributed by atoms with E-state index in [9.17, 15) is 9.59 Å². The predicted molar refractivity (Wildman–Crippen MR) is 105 cm³/mol. The van der Waals surface area contributed by atoms with E-state index in [0.717, 1.165) is 11.8 Å². The third kappa shape index (κ3) is 5.08. The summed E-state index contributed by atoms with van der Waals surface area (Å²) in [5.41, 5.74) is 0. The van der Waals surface area contributed by atoms with Crippen LogP contribution in [0.25, 0.3) is 0 Å². The maximum atomic E-state index is 12.1. The van der Waals surface area contributed by atoms with E-state index in [0.29, 0.717) is 20.9 Å². The first-order chi connectivity index (χ1) is 12.4. The fraction of sp³-hybridized carbons (Fsp3) is 0.579. The number of hydrogen-bond donors (Lipinski definition) is 1. The molecule has 2 bridgehead atoms. The van der Waals surface area contributed by atoms with Gasteiger partial charge in [-0.1, -0.05) is 29.6 Å². The van der Waals surface area contributed by atoms with Crippen molar-refractivity contribution >= 4 is 46.8 Å². The van der Waals surface area contributed by atoms with Gasteiger partial charge in [0.1, 0.15) is 0 Å². The second kappa shape index (κ2) is 8.85. The van der Waals surface area contributed by atoms with Crippen LogP contribution in [0.5, 0.6) is 0 Å². The SMILES string of the molecule is CC(NC(=O)COC(=O)CSc1cc(Cl)ccc1Cl)C1CC2CCC1C2. The van der Waals surface area contributed by atoms with Crippen LogP contribution in [-0.2, 0) is 14.3 Å². The molecule has 2 fully saturated rings. The fourth-order valence-electron chi connectivity index (χ4n) is 4.22. The standard InChI is InChI=1S/C19H23Cl2NO3S/c1-11(15-7-12-2-3-13(15)6-12)22-18(23)9-25-19(24)10-26-17-8-14(20)4-5-16(17)21/h4-5,8,11-13,15H,2-3,6-7,9-10H2,1H3,(H,22,23). The molecule has 0 aliphatic heterocycles. The number of benzene rings is 1. The second-order valence-corrected chi connectivity index (χ2v) is 9.08. The number of carbonyl (C=O) groups excluding carboxylic acids is 2. The number of carbonyl (C=O) groups is 2. The number of nitrogens with one attached hydrogen (secondary N) is 1. The molecule has 4 nitrogen and oxygen atoms in total. The molecule has 0 heterocycles. The highest BCUT2D eigenvalue weighted by atomic mass is 35.5. The van der Waals surface area contributed by atoms with Gasteiger partial charge in [-0.2, -0.15) is 0 Å². The van der Waals surface area contributed by atoms with Gasteiger partial charge in [-0.25, -0.2) is 0 Å². The van der Waals surface area contributed by atoms with Crippen LogP contribution in [0.2, 0.25) is 10.0 Å². The molecule has 1 aromatic carbocycles. The summed E-state index contributed by atoms with van der Waals surface area (Å²) in [5, 5.41) is 4.08. The molecule has 1 N–H and O–H groups in total. The molecule has 3 rings (SSSR count). The zero-order valence-electron chi connectivity index (χ0n) is 14.7. The molecule has 2 saturated carbocycles. The second-order valence-electron chi connectivity index (χ2n) is 7.22. The number of hydrogen-bond acceptors (Lipinski definition) is 4. The molecule has 7 heteroatoms. The molecule has 4 unspecified atom stereocenters. The highest BCUT2D eigenvalue weighted by Gasteiger charge is 2.42. The lowest BCUT2D eigenvalue weighted by Gasteiger charge is -2.28. The highest BCUT2D eigenvalue weighted by Crippen LogP contribution is 2.49. The van der Waals surface area contributed by atoms with Gasteiger partial charge in [-0.05, 0) is 62.1 Å². The minimum absolute atomic E-state index is 0.0786. The minimum Gasteiger partial charge on any atom is -0.455 e. The van der Waals surface area contributed by atoms with Crippen molar-refractivity contribution < 1.29 is 14.3 Å². The first-order valence-electron chi connectivity index (χ1n) is 8.95. The molecule has 1 aromatic rings. The van der Waals surface area contributed by atoms with E-state index in [1.54, 1.807) is 18.2 Å². The summed E-state index contributed by atoms with van der Waals surface area (Å²) < 4.78 is 5.07. The Morgan fingerprint density at radius 1 is 1.31 bits per heavy atom. The average molecular weight is 416 g/mol. The van der Waals surface area contributed by atoms with Gasteiger partial charge < -0.3 is 10.1 Å². The normalized spacial score (nSPS) is 25.1. The van der Waals surface area contributed by atoms with Gasteiger partial charge >= 0.3 is 5.97 Å². The topological polar surface area (TPSA) is 55.4 Å². The molecule has 0 saturated heterocycles. The van der Waals surface area contributed by atoms with Crippen LogP contribution in [-0.4, -0.2) is 30.3 Å². The van der Waals surface area contributed by atoms with Gasteiger partial charge in [0.15, 0.2) is 6.61 Å². The molecule has 142 valence electrons. The Hall–Kier alpha value is -0.910. The summed E-state index contributed by atoms with van der Waals surface area (Å²) in [6, 6.07) is 5.21. The van der Waals surface area contributed by atoms with Crippen molar-refractivity contribution in [1.82, 2.24) is 5.32 Å². The molecule has 0 radical (unpaired) electrons. The average Bonchev–Trinajstić information content (AvgIpc) is 3.24. The van der Waals surface area contributed by atoms with Gasteiger partial charge in [0.05, 0.1) is 10.8 Å². The van der Waals surface area contributed by atoms with E-state index in [1.165, 1.54) is 37.4 Å². The third-order valence-corrected chi connectivity index (χ3v) is 7.13. The zero-order valence-corrected chi connectivity index (χ0v) is 17.0. The third-order valence-electron chi connectivity index (χ3n) is 5.43. The minimum atomic E-state index is -0.450. The Balaban J connectivity index is 1.37. The van der Waals surface area contributed by atoms with Crippen LogP contribution >= 0.6 is 35.0 Å². The summed E-state index contributed by atoms with van der Waals surface area (Å²) in [7, 11) is 0. The summed E-state index contributed by atoms with van der Waals surface area (Å²) in [6.07, 6.45) is 5.15. The van der Waals surface area contributed by atoms with Crippen molar-refractivity contribution in [2.24, 2.45) is 17.8 Å². The van der Waals surface area contributed by atoms with E-state index in [4.69, 9.17) is 27.9 Å². The quantitative estimate of drug-likeness (QED) is 0.523. The van der Waals surface area contributed by atoms with Crippen LogP contribution in [0.1, 0.15) is 32.6 Å². The van der Waals surface area contributed by atoms with Gasteiger partial charge in [0.25, 0.3) is 5.91 Å². The Morgan fingerprint density at radius 2 is 2.12 bits per heavy atom. The molecular weight excluding hydrogens is 393 g/mol. The largest absolute Gasteiger partial charge is 0.455 e. The lowest BCUT2D eigenvalue weighted by molar-refractivity contribution is -0.146. The Labute approximate surface area is 168 Å². The zero-order chi connectivity index (χ0) is 18.7. The Bertz CT molecular complexity index is 685. The van der Waals surface area contributed by atoms with Crippen molar-refractivity contribution in [1.29, 1.82) is 0 Å². The first-order valence-corrected chi connectivity index (χ1v) is 10.7. The van der Waals surface area contributed by atoms with E-state index in [2.05, 4.69) is 12.2 Å². The Morgan fingerprint density at radius 3 is 2.81 bits per heavy atom. The monoisotopic (exact) mass is 415 g/mol. The van der Waals surface area contributed by atoms with Gasteiger partial charge in [-0.3, -0.25) is 9.59 Å². The molecule has 2 aliphatic carbocycles. The maximum Gasteiger partial charge on any atom is 0.316 e. The predicted octanol–water partition coefficient (Wildman–Crippen LogP) is 4.57. The number of rotatable bonds is 7. The molecule has 1 amide bonds. The number of amides is 1. The van der Waals surface area contributed by atoms with Gasteiger partial charge in [0, 0.05) is 16.0 Å². The van der Waals surface area contributed by atoms with Crippen LogP contribution in [0, 0.1) is 17.8 Å². The molecule has 0 aromatic heterocycles. The maximum absolute atomic E-state index is 12.1. The smallest absolute Gasteiger partial charge is 0.316 e. The van der Waals surface area contributed by atoms with Gasteiger partial charge in [-0.15, -0.1) is 11.8 Å². The molecule has 26 heavy (non-hydrogen) atoms. The molecule has 0 spiro atoms. The number of thioether (sulfide) groups is 1. The van der Waals surface area contributed by atoms with Crippen molar-refractivity contribution in [3.05, 3.63) is 28.2 Å². The lowest BCUT2D eigenvalue weighted by atomic mass is 9.84. The summed E-state index contributed by atoms with van der Waals surface area (Å²) in [4.78, 5) is 24.6. The van der Waals surface area contributed by atoms with E-state index in [1.807, 2.05) is 0 Å². The van der Waals surface area contributed by atoms with Crippen LogP contribution < -0.4 is 5.32 Å². The molecule has 2 aliphatic rings. The number of halogens is 2. The van der Waals surface area contributed by atoms with Crippen molar-refractivity contribution in [2.45, 2.75) is 43.5 Å². The van der Waals surface area contributed by atoms with Crippen molar-refractivity contribution in [3.8, 4) is 0 Å². The molecular formula is C19H23Cl2NO3S. The van der Waals surface area contributed by atoms with Gasteiger partial charge in [0.2, 0.25) is 0 Å². The fourth-order valence-corrected chi connectivity index (χ4v) is 5.51.